The summed E-state index contributed by atoms with van der Waals surface area (Å²) in [5, 5.41) is 16.5. The Morgan fingerprint density at radius 2 is 2.08 bits per heavy atom. The maximum atomic E-state index is 8.06. The van der Waals surface area contributed by atoms with Gasteiger partial charge in [0.1, 0.15) is 10.9 Å². The number of H-pyrrole nitrogens is 1. The molecule has 0 atom stereocenters. The van der Waals surface area contributed by atoms with Crippen LogP contribution in [0.25, 0.3) is 22.2 Å². The van der Waals surface area contributed by atoms with E-state index in [4.69, 9.17) is 16.6 Å². The van der Waals surface area contributed by atoms with Crippen LogP contribution in [0.3, 0.4) is 0 Å². The number of hydrogen-bond donors (Lipinski definition) is 4. The van der Waals surface area contributed by atoms with Crippen molar-refractivity contribution in [1.82, 2.24) is 15.0 Å². The number of rotatable bonds is 4. The molecule has 3 rings (SSSR count). The molecule has 3 aromatic rings. The molecule has 0 radical (unpaired) electrons. The summed E-state index contributed by atoms with van der Waals surface area (Å²) in [6, 6.07) is 5.66. The average Bonchev–Trinajstić information content (AvgIpc) is 3.03. The van der Waals surface area contributed by atoms with Gasteiger partial charge < -0.3 is 15.6 Å². The molecule has 0 aliphatic carbocycles. The number of aromatic amines is 1. The second kappa shape index (κ2) is 6.94. The Kier molecular flexibility index (Phi) is 4.71. The SMILES string of the molecule is CCN(C)c1cnc(-c2c[nH]c3ccc(C(=N)SC(=N)N)cc23)cn1. The van der Waals surface area contributed by atoms with Gasteiger partial charge in [0.25, 0.3) is 0 Å². The summed E-state index contributed by atoms with van der Waals surface area (Å²) in [7, 11) is 1.97. The predicted octanol–water partition coefficient (Wildman–Crippen LogP) is 3.03. The van der Waals surface area contributed by atoms with Crippen molar-refractivity contribution >= 4 is 38.7 Å². The van der Waals surface area contributed by atoms with E-state index in [9.17, 15) is 0 Å². The summed E-state index contributed by atoms with van der Waals surface area (Å²) in [5.74, 6) is 0.825. The number of fused-ring (bicyclic) bond motifs is 1. The van der Waals surface area contributed by atoms with E-state index in [0.29, 0.717) is 5.56 Å². The van der Waals surface area contributed by atoms with Crippen LogP contribution in [0, 0.1) is 10.8 Å². The molecule has 0 aliphatic rings. The van der Waals surface area contributed by atoms with Gasteiger partial charge in [0.15, 0.2) is 5.17 Å². The van der Waals surface area contributed by atoms with E-state index in [1.54, 1.807) is 12.4 Å². The minimum atomic E-state index is -0.0964. The second-order valence-electron chi connectivity index (χ2n) is 5.53. The van der Waals surface area contributed by atoms with Gasteiger partial charge in [0.2, 0.25) is 0 Å². The van der Waals surface area contributed by atoms with Crippen LogP contribution in [0.5, 0.6) is 0 Å². The highest BCUT2D eigenvalue weighted by molar-refractivity contribution is 8.26. The van der Waals surface area contributed by atoms with Gasteiger partial charge in [-0.2, -0.15) is 0 Å². The van der Waals surface area contributed by atoms with Crippen LogP contribution < -0.4 is 10.6 Å². The fraction of sp³-hybridized carbons (Fsp3) is 0.176. The van der Waals surface area contributed by atoms with E-state index in [0.717, 1.165) is 46.3 Å². The molecule has 0 unspecified atom stereocenters. The van der Waals surface area contributed by atoms with Crippen LogP contribution in [-0.2, 0) is 0 Å². The normalized spacial score (nSPS) is 10.8. The number of hydrogen-bond acceptors (Lipinski definition) is 6. The highest BCUT2D eigenvalue weighted by Crippen LogP contribution is 2.29. The monoisotopic (exact) mass is 353 g/mol. The molecule has 1 aromatic carbocycles. The zero-order valence-corrected chi connectivity index (χ0v) is 14.8. The minimum absolute atomic E-state index is 0.0964. The van der Waals surface area contributed by atoms with E-state index in [1.165, 1.54) is 0 Å². The first-order valence-electron chi connectivity index (χ1n) is 7.75. The number of aromatic nitrogens is 3. The third-order valence-corrected chi connectivity index (χ3v) is 4.60. The summed E-state index contributed by atoms with van der Waals surface area (Å²) in [4.78, 5) is 14.2. The van der Waals surface area contributed by atoms with Gasteiger partial charge in [0, 0.05) is 41.8 Å². The van der Waals surface area contributed by atoms with E-state index in [-0.39, 0.29) is 10.2 Å². The highest BCUT2D eigenvalue weighted by atomic mass is 32.2. The molecule has 0 bridgehead atoms. The van der Waals surface area contributed by atoms with Crippen LogP contribution in [0.2, 0.25) is 0 Å². The number of nitrogens with zero attached hydrogens (tertiary/aromatic N) is 3. The van der Waals surface area contributed by atoms with E-state index in [1.807, 2.05) is 36.3 Å². The predicted molar refractivity (Wildman–Crippen MR) is 105 cm³/mol. The molecule has 0 spiro atoms. The van der Waals surface area contributed by atoms with Crippen molar-refractivity contribution in [1.29, 1.82) is 10.8 Å². The van der Waals surface area contributed by atoms with Crippen molar-refractivity contribution in [2.45, 2.75) is 6.92 Å². The zero-order chi connectivity index (χ0) is 18.0. The van der Waals surface area contributed by atoms with Gasteiger partial charge >= 0.3 is 0 Å². The molecule has 2 aromatic heterocycles. The van der Waals surface area contributed by atoms with Crippen LogP contribution in [0.4, 0.5) is 5.82 Å². The Hall–Kier alpha value is -2.87. The zero-order valence-electron chi connectivity index (χ0n) is 14.0. The Bertz CT molecular complexity index is 930. The van der Waals surface area contributed by atoms with Gasteiger partial charge in [-0.1, -0.05) is 6.07 Å². The number of anilines is 1. The fourth-order valence-electron chi connectivity index (χ4n) is 2.46. The van der Waals surface area contributed by atoms with E-state index in [2.05, 4.69) is 21.9 Å². The number of nitrogens with two attached hydrogens (primary N) is 1. The molecule has 0 saturated carbocycles. The molecule has 8 heteroatoms. The summed E-state index contributed by atoms with van der Waals surface area (Å²) in [6.45, 7) is 2.92. The average molecular weight is 353 g/mol. The Labute approximate surface area is 149 Å². The molecule has 128 valence electrons. The summed E-state index contributed by atoms with van der Waals surface area (Å²) < 4.78 is 0. The van der Waals surface area contributed by atoms with E-state index >= 15 is 0 Å². The lowest BCUT2D eigenvalue weighted by atomic mass is 10.1. The van der Waals surface area contributed by atoms with Gasteiger partial charge in [-0.05, 0) is 30.8 Å². The molecule has 7 nitrogen and oxygen atoms in total. The van der Waals surface area contributed by atoms with Crippen molar-refractivity contribution < 1.29 is 0 Å². The van der Waals surface area contributed by atoms with Crippen LogP contribution in [0.15, 0.2) is 36.8 Å². The molecule has 0 saturated heterocycles. The number of nitrogens with one attached hydrogen (secondary N) is 3. The first kappa shape index (κ1) is 17.0. The lowest BCUT2D eigenvalue weighted by Crippen LogP contribution is -2.17. The topological polar surface area (TPSA) is 119 Å². The smallest absolute Gasteiger partial charge is 0.157 e. The molecular weight excluding hydrogens is 334 g/mol. The van der Waals surface area contributed by atoms with Crippen molar-refractivity contribution in [2.24, 2.45) is 5.73 Å². The third-order valence-electron chi connectivity index (χ3n) is 3.94. The van der Waals surface area contributed by atoms with Crippen molar-refractivity contribution in [2.75, 3.05) is 18.5 Å². The van der Waals surface area contributed by atoms with Crippen molar-refractivity contribution in [3.8, 4) is 11.3 Å². The first-order valence-corrected chi connectivity index (χ1v) is 8.56. The van der Waals surface area contributed by atoms with Crippen molar-refractivity contribution in [3.05, 3.63) is 42.4 Å². The summed E-state index contributed by atoms with van der Waals surface area (Å²) >= 11 is 0.929. The van der Waals surface area contributed by atoms with Crippen LogP contribution in [0.1, 0.15) is 12.5 Å². The lowest BCUT2D eigenvalue weighted by molar-refractivity contribution is 0.929. The van der Waals surface area contributed by atoms with Gasteiger partial charge in [-0.25, -0.2) is 4.98 Å². The molecular formula is C17H19N7S. The molecule has 0 aliphatic heterocycles. The molecule has 0 amide bonds. The van der Waals surface area contributed by atoms with Crippen LogP contribution in [-0.4, -0.2) is 38.8 Å². The molecule has 5 N–H and O–H groups in total. The van der Waals surface area contributed by atoms with Gasteiger partial charge in [-0.15, -0.1) is 0 Å². The first-order chi connectivity index (χ1) is 12.0. The Balaban J connectivity index is 1.99. The second-order valence-corrected chi connectivity index (χ2v) is 6.58. The van der Waals surface area contributed by atoms with E-state index < -0.39 is 0 Å². The minimum Gasteiger partial charge on any atom is -0.378 e. The Morgan fingerprint density at radius 1 is 1.28 bits per heavy atom. The number of benzene rings is 1. The summed E-state index contributed by atoms with van der Waals surface area (Å²) in [6.07, 6.45) is 5.41. The molecule has 25 heavy (non-hydrogen) atoms. The highest BCUT2D eigenvalue weighted by Gasteiger charge is 2.12. The third kappa shape index (κ3) is 3.48. The van der Waals surface area contributed by atoms with Crippen LogP contribution >= 0.6 is 11.8 Å². The quantitative estimate of drug-likeness (QED) is 0.425. The van der Waals surface area contributed by atoms with Gasteiger partial charge in [-0.3, -0.25) is 15.8 Å². The lowest BCUT2D eigenvalue weighted by Gasteiger charge is -2.14. The van der Waals surface area contributed by atoms with Gasteiger partial charge in [0.05, 0.1) is 18.1 Å². The number of thioether (sulfide) groups is 1. The van der Waals surface area contributed by atoms with Crippen molar-refractivity contribution in [3.63, 3.8) is 0 Å². The Morgan fingerprint density at radius 3 is 2.72 bits per heavy atom. The maximum Gasteiger partial charge on any atom is 0.157 e. The maximum absolute atomic E-state index is 8.06. The largest absolute Gasteiger partial charge is 0.378 e. The number of amidine groups is 1. The molecule has 2 heterocycles. The fourth-order valence-corrected chi connectivity index (χ4v) is 2.93. The molecule has 0 fully saturated rings. The summed E-state index contributed by atoms with van der Waals surface area (Å²) in [5.41, 5.74) is 8.73. The standard InChI is InChI=1S/C17H19N7S/c1-3-24(2)15-9-22-14(8-23-15)12-7-21-13-5-4-10(6-11(12)13)16(18)25-17(19)20/h4-9,18,21H,3H2,1-2H3,(H3,19,20).